The van der Waals surface area contributed by atoms with E-state index in [0.717, 1.165) is 49.0 Å². The topological polar surface area (TPSA) is 45.6 Å². The van der Waals surface area contributed by atoms with Crippen molar-refractivity contribution in [1.29, 1.82) is 0 Å². The Kier molecular flexibility index (Phi) is 6.98. The lowest BCUT2D eigenvalue weighted by atomic mass is 9.89. The van der Waals surface area contributed by atoms with Crippen molar-refractivity contribution in [2.24, 2.45) is 5.10 Å². The SMILES string of the molecule is Cc1nc2ccc(Cl)cc2c(-c2ccccc2)c1C1=NN(C(=O)c2ccccc2Cl)C(c2cccc(Br)c2)C1. The molecule has 0 saturated heterocycles. The summed E-state index contributed by atoms with van der Waals surface area (Å²) in [6.07, 6.45) is 0.515. The van der Waals surface area contributed by atoms with Crippen molar-refractivity contribution in [2.45, 2.75) is 19.4 Å². The zero-order chi connectivity index (χ0) is 27.1. The second kappa shape index (κ2) is 10.6. The molecular formula is C32H22BrCl2N3O. The number of hydrogen-bond acceptors (Lipinski definition) is 3. The molecule has 0 N–H and O–H groups in total. The Labute approximate surface area is 245 Å². The Bertz CT molecular complexity index is 1770. The van der Waals surface area contributed by atoms with Crippen LogP contribution < -0.4 is 0 Å². The first-order valence-corrected chi connectivity index (χ1v) is 14.0. The van der Waals surface area contributed by atoms with Gasteiger partial charge in [0.25, 0.3) is 5.91 Å². The molecule has 0 saturated carbocycles. The van der Waals surface area contributed by atoms with Gasteiger partial charge in [-0.2, -0.15) is 5.10 Å². The lowest BCUT2D eigenvalue weighted by molar-refractivity contribution is 0.0711. The first kappa shape index (κ1) is 25.8. The number of pyridine rings is 1. The molecule has 6 rings (SSSR count). The molecule has 7 heteroatoms. The van der Waals surface area contributed by atoms with Gasteiger partial charge in [-0.3, -0.25) is 9.78 Å². The van der Waals surface area contributed by atoms with Crippen molar-refractivity contribution in [3.63, 3.8) is 0 Å². The Morgan fingerprint density at radius 2 is 1.67 bits per heavy atom. The number of hydrogen-bond donors (Lipinski definition) is 0. The Morgan fingerprint density at radius 3 is 2.44 bits per heavy atom. The van der Waals surface area contributed by atoms with E-state index in [1.807, 2.05) is 79.7 Å². The molecule has 0 spiro atoms. The van der Waals surface area contributed by atoms with E-state index >= 15 is 0 Å². The van der Waals surface area contributed by atoms with Crippen LogP contribution in [-0.4, -0.2) is 21.6 Å². The normalized spacial score (nSPS) is 15.0. The average molecular weight is 615 g/mol. The molecule has 1 aliphatic heterocycles. The molecule has 1 aromatic heterocycles. The van der Waals surface area contributed by atoms with Gasteiger partial charge in [-0.15, -0.1) is 0 Å². The first-order valence-electron chi connectivity index (χ1n) is 12.5. The molecule has 0 aliphatic carbocycles. The molecule has 2 heterocycles. The fraction of sp³-hybridized carbons (Fsp3) is 0.0938. The minimum atomic E-state index is -0.320. The van der Waals surface area contributed by atoms with E-state index in [1.54, 1.807) is 17.1 Å². The summed E-state index contributed by atoms with van der Waals surface area (Å²) in [6.45, 7) is 1.99. The van der Waals surface area contributed by atoms with Gasteiger partial charge in [0, 0.05) is 38.1 Å². The largest absolute Gasteiger partial charge is 0.276 e. The molecule has 1 aliphatic rings. The van der Waals surface area contributed by atoms with Crippen LogP contribution in [0.2, 0.25) is 10.0 Å². The summed E-state index contributed by atoms with van der Waals surface area (Å²) >= 11 is 16.5. The number of aryl methyl sites for hydroxylation is 1. The number of carbonyl (C=O) groups excluding carboxylic acids is 1. The van der Waals surface area contributed by atoms with Crippen LogP contribution in [0.1, 0.15) is 39.6 Å². The fourth-order valence-electron chi connectivity index (χ4n) is 5.20. The van der Waals surface area contributed by atoms with Crippen LogP contribution in [0, 0.1) is 6.92 Å². The van der Waals surface area contributed by atoms with Gasteiger partial charge in [0.2, 0.25) is 0 Å². The number of aromatic nitrogens is 1. The third kappa shape index (κ3) is 4.87. The van der Waals surface area contributed by atoms with E-state index in [9.17, 15) is 4.79 Å². The molecule has 4 nitrogen and oxygen atoms in total. The number of fused-ring (bicyclic) bond motifs is 1. The van der Waals surface area contributed by atoms with Gasteiger partial charge in [0.1, 0.15) is 0 Å². The van der Waals surface area contributed by atoms with Crippen LogP contribution in [-0.2, 0) is 0 Å². The zero-order valence-electron chi connectivity index (χ0n) is 20.9. The standard InChI is InChI=1S/C32H22BrCl2N3O/c1-19-30(31(20-8-3-2-4-9-20)25-17-23(34)14-15-27(25)36-19)28-18-29(21-10-7-11-22(33)16-21)38(37-28)32(39)24-12-5-6-13-26(24)35/h2-17,29H,18H2,1H3. The summed E-state index contributed by atoms with van der Waals surface area (Å²) < 4.78 is 0.932. The van der Waals surface area contributed by atoms with Crippen molar-refractivity contribution in [3.05, 3.63) is 134 Å². The van der Waals surface area contributed by atoms with Crippen molar-refractivity contribution in [3.8, 4) is 11.1 Å². The molecule has 4 aromatic carbocycles. The summed E-state index contributed by atoms with van der Waals surface area (Å²) in [5, 5.41) is 8.52. The second-order valence-electron chi connectivity index (χ2n) is 9.43. The van der Waals surface area contributed by atoms with Gasteiger partial charge >= 0.3 is 0 Å². The summed E-state index contributed by atoms with van der Waals surface area (Å²) in [4.78, 5) is 18.8. The molecular weight excluding hydrogens is 593 g/mol. The third-order valence-corrected chi connectivity index (χ3v) is 7.99. The second-order valence-corrected chi connectivity index (χ2v) is 11.2. The molecule has 0 bridgehead atoms. The number of benzene rings is 4. The van der Waals surface area contributed by atoms with Gasteiger partial charge in [-0.1, -0.05) is 93.7 Å². The lowest BCUT2D eigenvalue weighted by Crippen LogP contribution is -2.27. The van der Waals surface area contributed by atoms with Gasteiger partial charge < -0.3 is 0 Å². The Morgan fingerprint density at radius 1 is 0.897 bits per heavy atom. The Balaban J connectivity index is 1.58. The summed E-state index contributed by atoms with van der Waals surface area (Å²) in [6, 6.07) is 30.6. The Hall–Kier alpha value is -3.51. The molecule has 1 unspecified atom stereocenters. The molecule has 192 valence electrons. The van der Waals surface area contributed by atoms with Crippen molar-refractivity contribution in [2.75, 3.05) is 0 Å². The quantitative estimate of drug-likeness (QED) is 0.202. The van der Waals surface area contributed by atoms with Crippen LogP contribution in [0.3, 0.4) is 0 Å². The van der Waals surface area contributed by atoms with E-state index in [4.69, 9.17) is 33.3 Å². The predicted octanol–water partition coefficient (Wildman–Crippen LogP) is 9.27. The smallest absolute Gasteiger partial charge is 0.267 e. The first-order chi connectivity index (χ1) is 18.9. The summed E-state index contributed by atoms with van der Waals surface area (Å²) in [7, 11) is 0. The number of halogens is 3. The maximum atomic E-state index is 13.9. The molecule has 1 atom stereocenters. The zero-order valence-corrected chi connectivity index (χ0v) is 24.0. The maximum absolute atomic E-state index is 13.9. The van der Waals surface area contributed by atoms with E-state index in [0.29, 0.717) is 22.0 Å². The predicted molar refractivity (Wildman–Crippen MR) is 163 cm³/mol. The highest BCUT2D eigenvalue weighted by atomic mass is 79.9. The van der Waals surface area contributed by atoms with E-state index in [-0.39, 0.29) is 11.9 Å². The van der Waals surface area contributed by atoms with E-state index < -0.39 is 0 Å². The third-order valence-electron chi connectivity index (χ3n) is 6.94. The van der Waals surface area contributed by atoms with Crippen molar-refractivity contribution < 1.29 is 4.79 Å². The van der Waals surface area contributed by atoms with Crippen LogP contribution in [0.4, 0.5) is 0 Å². The summed E-state index contributed by atoms with van der Waals surface area (Å²) in [5.74, 6) is -0.253. The number of carbonyl (C=O) groups is 1. The van der Waals surface area contributed by atoms with Crippen LogP contribution in [0.5, 0.6) is 0 Å². The molecule has 0 fully saturated rings. The van der Waals surface area contributed by atoms with Crippen molar-refractivity contribution in [1.82, 2.24) is 9.99 Å². The van der Waals surface area contributed by atoms with Crippen LogP contribution in [0.15, 0.2) is 107 Å². The minimum absolute atomic E-state index is 0.253. The van der Waals surface area contributed by atoms with E-state index in [1.165, 1.54) is 0 Å². The van der Waals surface area contributed by atoms with Gasteiger partial charge in [-0.05, 0) is 60.5 Å². The highest BCUT2D eigenvalue weighted by molar-refractivity contribution is 9.10. The summed E-state index contributed by atoms with van der Waals surface area (Å²) in [5.41, 5.74) is 6.79. The number of rotatable bonds is 4. The van der Waals surface area contributed by atoms with Gasteiger partial charge in [0.05, 0.1) is 27.9 Å². The van der Waals surface area contributed by atoms with Gasteiger partial charge in [0.15, 0.2) is 0 Å². The van der Waals surface area contributed by atoms with Crippen molar-refractivity contribution >= 4 is 61.7 Å². The lowest BCUT2D eigenvalue weighted by Gasteiger charge is -2.22. The molecule has 5 aromatic rings. The number of hydrazone groups is 1. The van der Waals surface area contributed by atoms with Crippen LogP contribution in [0.25, 0.3) is 22.0 Å². The monoisotopic (exact) mass is 613 g/mol. The van der Waals surface area contributed by atoms with Crippen LogP contribution >= 0.6 is 39.1 Å². The molecule has 0 radical (unpaired) electrons. The number of nitrogens with zero attached hydrogens (tertiary/aromatic N) is 3. The van der Waals surface area contributed by atoms with E-state index in [2.05, 4.69) is 28.1 Å². The minimum Gasteiger partial charge on any atom is -0.267 e. The molecule has 39 heavy (non-hydrogen) atoms. The fourth-order valence-corrected chi connectivity index (χ4v) is 6.00. The number of amides is 1. The maximum Gasteiger partial charge on any atom is 0.276 e. The van der Waals surface area contributed by atoms with Gasteiger partial charge in [-0.25, -0.2) is 5.01 Å². The molecule has 1 amide bonds. The average Bonchev–Trinajstić information content (AvgIpc) is 3.38. The highest BCUT2D eigenvalue weighted by Crippen LogP contribution is 2.41. The highest BCUT2D eigenvalue weighted by Gasteiger charge is 2.36.